The number of carbonyl (C=O) groups is 1. The highest BCUT2D eigenvalue weighted by atomic mass is 32.2. The topological polar surface area (TPSA) is 132 Å². The summed E-state index contributed by atoms with van der Waals surface area (Å²) in [5, 5.41) is 4.24. The Bertz CT molecular complexity index is 1500. The average molecular weight is 530 g/mol. The number of piperidine rings is 2. The number of oxazole rings is 1. The number of amides is 1. The fourth-order valence-electron chi connectivity index (χ4n) is 5.45. The van der Waals surface area contributed by atoms with Gasteiger partial charge < -0.3 is 13.8 Å². The van der Waals surface area contributed by atoms with Gasteiger partial charge in [-0.1, -0.05) is 12.1 Å². The standard InChI is InChI=1S/C25H31N5O6S/c1-25(23-26-21(36-27-23)16-3-4-16)9-13-29(14-10-25)22(31)17-7-11-30(12-8-17)37(33,34)18-5-6-19-20(15-18)35-24(32)28(19)2/h5-6,15-17H,3-4,7-14H2,1-2H3. The van der Waals surface area contributed by atoms with E-state index >= 15 is 0 Å². The van der Waals surface area contributed by atoms with Gasteiger partial charge >= 0.3 is 5.76 Å². The van der Waals surface area contributed by atoms with Gasteiger partial charge in [0.2, 0.25) is 21.8 Å². The molecule has 198 valence electrons. The van der Waals surface area contributed by atoms with Crippen LogP contribution < -0.4 is 5.76 Å². The van der Waals surface area contributed by atoms with Gasteiger partial charge in [-0.05, 0) is 50.7 Å². The van der Waals surface area contributed by atoms with Gasteiger partial charge in [0.05, 0.1) is 10.4 Å². The molecule has 3 aliphatic rings. The van der Waals surface area contributed by atoms with Crippen LogP contribution in [-0.2, 0) is 27.3 Å². The second-order valence-corrected chi connectivity index (χ2v) is 12.8. The molecule has 0 spiro atoms. The molecule has 0 bridgehead atoms. The number of nitrogens with zero attached hydrogens (tertiary/aromatic N) is 5. The minimum atomic E-state index is -3.76. The van der Waals surface area contributed by atoms with Gasteiger partial charge in [-0.3, -0.25) is 9.36 Å². The second-order valence-electron chi connectivity index (χ2n) is 10.9. The minimum absolute atomic E-state index is 0.0840. The second kappa shape index (κ2) is 8.80. The van der Waals surface area contributed by atoms with Crippen LogP contribution in [0.3, 0.4) is 0 Å². The Morgan fingerprint density at radius 3 is 2.46 bits per heavy atom. The van der Waals surface area contributed by atoms with E-state index in [1.165, 1.54) is 21.0 Å². The fraction of sp³-hybridized carbons (Fsp3) is 0.600. The minimum Gasteiger partial charge on any atom is -0.408 e. The normalized spacial score (nSPS) is 21.5. The molecule has 0 N–H and O–H groups in total. The molecular formula is C25H31N5O6S. The van der Waals surface area contributed by atoms with Crippen molar-refractivity contribution < 1.29 is 22.2 Å². The number of aryl methyl sites for hydroxylation is 1. The average Bonchev–Trinajstić information content (AvgIpc) is 3.55. The smallest absolute Gasteiger partial charge is 0.408 e. The van der Waals surface area contributed by atoms with Gasteiger partial charge in [-0.2, -0.15) is 9.29 Å². The van der Waals surface area contributed by atoms with Gasteiger partial charge in [0.15, 0.2) is 11.4 Å². The van der Waals surface area contributed by atoms with Crippen LogP contribution in [0.5, 0.6) is 0 Å². The fourth-order valence-corrected chi connectivity index (χ4v) is 6.93. The summed E-state index contributed by atoms with van der Waals surface area (Å²) in [6.45, 7) is 3.94. The van der Waals surface area contributed by atoms with Crippen LogP contribution in [0.15, 0.2) is 36.8 Å². The van der Waals surface area contributed by atoms with Crippen molar-refractivity contribution in [2.75, 3.05) is 26.2 Å². The molecule has 1 saturated carbocycles. The number of benzene rings is 1. The quantitative estimate of drug-likeness (QED) is 0.492. The van der Waals surface area contributed by atoms with Crippen molar-refractivity contribution in [3.63, 3.8) is 0 Å². The SMILES string of the molecule is Cn1c(=O)oc2cc(S(=O)(=O)N3CCC(C(=O)N4CCC(C)(c5noc(C6CC6)n5)CC4)CC3)ccc21. The van der Waals surface area contributed by atoms with Crippen molar-refractivity contribution in [2.45, 2.75) is 61.7 Å². The maximum Gasteiger partial charge on any atom is 0.419 e. The van der Waals surface area contributed by atoms with Crippen LogP contribution in [-0.4, -0.2) is 64.4 Å². The predicted octanol–water partition coefficient (Wildman–Crippen LogP) is 2.37. The number of fused-ring (bicyclic) bond motifs is 1. The summed E-state index contributed by atoms with van der Waals surface area (Å²) < 4.78 is 39.8. The van der Waals surface area contributed by atoms with Crippen LogP contribution >= 0.6 is 0 Å². The molecule has 2 aliphatic heterocycles. The largest absolute Gasteiger partial charge is 0.419 e. The first kappa shape index (κ1) is 24.4. The van der Waals surface area contributed by atoms with Crippen LogP contribution in [0.2, 0.25) is 0 Å². The first-order valence-electron chi connectivity index (χ1n) is 12.9. The van der Waals surface area contributed by atoms with Crippen LogP contribution in [0.4, 0.5) is 0 Å². The lowest BCUT2D eigenvalue weighted by Gasteiger charge is -2.40. The molecule has 12 heteroatoms. The maximum absolute atomic E-state index is 13.3. The highest BCUT2D eigenvalue weighted by Gasteiger charge is 2.41. The number of likely N-dealkylation sites (tertiary alicyclic amines) is 1. The van der Waals surface area contributed by atoms with E-state index in [0.29, 0.717) is 37.4 Å². The lowest BCUT2D eigenvalue weighted by Crippen LogP contribution is -2.49. The molecule has 2 saturated heterocycles. The van der Waals surface area contributed by atoms with E-state index in [-0.39, 0.29) is 40.8 Å². The number of sulfonamides is 1. The number of aromatic nitrogens is 3. The van der Waals surface area contributed by atoms with E-state index in [1.54, 1.807) is 13.1 Å². The molecule has 2 aromatic heterocycles. The van der Waals surface area contributed by atoms with Gasteiger partial charge in [0, 0.05) is 56.5 Å². The van der Waals surface area contributed by atoms with Crippen molar-refractivity contribution in [2.24, 2.45) is 13.0 Å². The van der Waals surface area contributed by atoms with E-state index in [1.807, 2.05) is 4.90 Å². The Balaban J connectivity index is 1.06. The predicted molar refractivity (Wildman–Crippen MR) is 132 cm³/mol. The highest BCUT2D eigenvalue weighted by Crippen LogP contribution is 2.41. The molecule has 1 aliphatic carbocycles. The van der Waals surface area contributed by atoms with Crippen molar-refractivity contribution in [1.29, 1.82) is 0 Å². The molecule has 1 amide bonds. The van der Waals surface area contributed by atoms with Crippen LogP contribution in [0, 0.1) is 5.92 Å². The summed E-state index contributed by atoms with van der Waals surface area (Å²) in [6, 6.07) is 4.46. The number of rotatable bonds is 5. The molecule has 37 heavy (non-hydrogen) atoms. The summed E-state index contributed by atoms with van der Waals surface area (Å²) in [7, 11) is -2.19. The van der Waals surface area contributed by atoms with E-state index in [4.69, 9.17) is 8.94 Å². The third-order valence-corrected chi connectivity index (χ3v) is 10.2. The Labute approximate surface area is 214 Å². The third kappa shape index (κ3) is 4.29. The van der Waals surface area contributed by atoms with E-state index in [2.05, 4.69) is 17.1 Å². The molecule has 0 unspecified atom stereocenters. The Kier molecular flexibility index (Phi) is 5.79. The van der Waals surface area contributed by atoms with Crippen molar-refractivity contribution in [3.05, 3.63) is 40.5 Å². The van der Waals surface area contributed by atoms with Gasteiger partial charge in [-0.15, -0.1) is 0 Å². The van der Waals surface area contributed by atoms with E-state index in [9.17, 15) is 18.0 Å². The summed E-state index contributed by atoms with van der Waals surface area (Å²) >= 11 is 0. The molecule has 4 heterocycles. The van der Waals surface area contributed by atoms with Crippen LogP contribution in [0.1, 0.15) is 63.1 Å². The van der Waals surface area contributed by atoms with Gasteiger partial charge in [-0.25, -0.2) is 13.2 Å². The Morgan fingerprint density at radius 2 is 1.78 bits per heavy atom. The summed E-state index contributed by atoms with van der Waals surface area (Å²) in [5.74, 6) is 1.26. The summed E-state index contributed by atoms with van der Waals surface area (Å²) in [6.07, 6.45) is 4.72. The molecule has 0 radical (unpaired) electrons. The van der Waals surface area contributed by atoms with E-state index in [0.717, 1.165) is 37.4 Å². The van der Waals surface area contributed by atoms with Gasteiger partial charge in [0.1, 0.15) is 0 Å². The number of hydrogen-bond acceptors (Lipinski definition) is 8. The van der Waals surface area contributed by atoms with Crippen LogP contribution in [0.25, 0.3) is 11.1 Å². The lowest BCUT2D eigenvalue weighted by molar-refractivity contribution is -0.138. The molecule has 6 rings (SSSR count). The van der Waals surface area contributed by atoms with E-state index < -0.39 is 15.8 Å². The Morgan fingerprint density at radius 1 is 1.08 bits per heavy atom. The number of carbonyl (C=O) groups excluding carboxylic acids is 1. The molecule has 3 fully saturated rings. The lowest BCUT2D eigenvalue weighted by atomic mass is 9.79. The zero-order chi connectivity index (χ0) is 25.9. The van der Waals surface area contributed by atoms with Crippen molar-refractivity contribution >= 4 is 27.0 Å². The first-order valence-corrected chi connectivity index (χ1v) is 14.3. The first-order chi connectivity index (χ1) is 17.7. The molecule has 3 aromatic rings. The van der Waals surface area contributed by atoms with Crippen molar-refractivity contribution in [3.8, 4) is 0 Å². The summed E-state index contributed by atoms with van der Waals surface area (Å²) in [5.41, 5.74) is 0.568. The number of hydrogen-bond donors (Lipinski definition) is 0. The molecule has 0 atom stereocenters. The zero-order valence-electron chi connectivity index (χ0n) is 21.1. The van der Waals surface area contributed by atoms with Gasteiger partial charge in [0.25, 0.3) is 0 Å². The summed E-state index contributed by atoms with van der Waals surface area (Å²) in [4.78, 5) is 31.7. The molecule has 11 nitrogen and oxygen atoms in total. The monoisotopic (exact) mass is 529 g/mol. The highest BCUT2D eigenvalue weighted by molar-refractivity contribution is 7.89. The zero-order valence-corrected chi connectivity index (χ0v) is 21.9. The molecule has 1 aromatic carbocycles. The molecular weight excluding hydrogens is 498 g/mol. The third-order valence-electron chi connectivity index (χ3n) is 8.29. The Hall–Kier alpha value is -2.99. The maximum atomic E-state index is 13.3. The van der Waals surface area contributed by atoms with Crippen molar-refractivity contribution in [1.82, 2.24) is 23.9 Å².